The molecule has 0 aromatic heterocycles. The topological polar surface area (TPSA) is 74.6 Å². The maximum absolute atomic E-state index is 12.2. The zero-order chi connectivity index (χ0) is 17.3. The van der Waals surface area contributed by atoms with Gasteiger partial charge in [-0.15, -0.1) is 0 Å². The molecule has 3 fully saturated rings. The van der Waals surface area contributed by atoms with E-state index in [4.69, 9.17) is 14.7 Å². The van der Waals surface area contributed by atoms with Crippen molar-refractivity contribution in [1.29, 1.82) is 5.26 Å². The second kappa shape index (κ2) is 6.89. The number of amides is 1. The minimum atomic E-state index is -0.471. The van der Waals surface area contributed by atoms with Crippen LogP contribution in [-0.4, -0.2) is 55.0 Å². The minimum absolute atomic E-state index is 0.196. The molecule has 0 aromatic carbocycles. The monoisotopic (exact) mass is 335 g/mol. The summed E-state index contributed by atoms with van der Waals surface area (Å²) in [5.41, 5.74) is -0.471. The number of ether oxygens (including phenoxy) is 2. The normalized spacial score (nSPS) is 36.3. The lowest BCUT2D eigenvalue weighted by molar-refractivity contribution is -0.0113. The number of alkyl carbamates (subject to hydrolysis) is 1. The Morgan fingerprint density at radius 1 is 1.38 bits per heavy atom. The number of nitrogens with one attached hydrogen (secondary N) is 1. The fraction of sp³-hybridized carbons (Fsp3) is 0.889. The number of rotatable bonds is 3. The van der Waals surface area contributed by atoms with Crippen molar-refractivity contribution >= 4 is 6.09 Å². The Morgan fingerprint density at radius 3 is 2.83 bits per heavy atom. The SMILES string of the molecule is CC(C)(C)OC(=O)N[C@H]1[C@@H]2CC[C@@H](C2)[C@H]1CN1CCOC(C#N)C1. The molecule has 3 rings (SSSR count). The van der Waals surface area contributed by atoms with Crippen LogP contribution in [0.1, 0.15) is 40.0 Å². The molecule has 0 radical (unpaired) electrons. The van der Waals surface area contributed by atoms with Gasteiger partial charge >= 0.3 is 6.09 Å². The molecule has 2 bridgehead atoms. The average molecular weight is 335 g/mol. The second-order valence-electron chi connectivity index (χ2n) is 8.42. The lowest BCUT2D eigenvalue weighted by atomic mass is 9.84. The van der Waals surface area contributed by atoms with Crippen molar-refractivity contribution in [2.45, 2.75) is 57.8 Å². The van der Waals surface area contributed by atoms with Crippen LogP contribution in [0.15, 0.2) is 0 Å². The first-order valence-corrected chi connectivity index (χ1v) is 9.09. The average Bonchev–Trinajstić information content (AvgIpc) is 3.08. The van der Waals surface area contributed by atoms with E-state index in [1.807, 2.05) is 20.8 Å². The van der Waals surface area contributed by atoms with E-state index in [0.29, 0.717) is 30.9 Å². The highest BCUT2D eigenvalue weighted by molar-refractivity contribution is 5.68. The highest BCUT2D eigenvalue weighted by Gasteiger charge is 2.49. The third kappa shape index (κ3) is 4.01. The second-order valence-corrected chi connectivity index (χ2v) is 8.42. The Balaban J connectivity index is 1.60. The summed E-state index contributed by atoms with van der Waals surface area (Å²) in [6, 6.07) is 2.40. The molecule has 3 aliphatic rings. The number of morpholine rings is 1. The van der Waals surface area contributed by atoms with Crippen molar-refractivity contribution in [3.8, 4) is 6.07 Å². The molecule has 0 aromatic rings. The summed E-state index contributed by atoms with van der Waals surface area (Å²) in [7, 11) is 0. The van der Waals surface area contributed by atoms with Crippen LogP contribution in [0.3, 0.4) is 0 Å². The summed E-state index contributed by atoms with van der Waals surface area (Å²) in [6.45, 7) is 8.75. The first-order valence-electron chi connectivity index (χ1n) is 9.09. The Morgan fingerprint density at radius 2 is 2.12 bits per heavy atom. The van der Waals surface area contributed by atoms with Crippen molar-refractivity contribution in [1.82, 2.24) is 10.2 Å². The summed E-state index contributed by atoms with van der Waals surface area (Å²) < 4.78 is 10.9. The van der Waals surface area contributed by atoms with E-state index in [2.05, 4.69) is 16.3 Å². The van der Waals surface area contributed by atoms with Crippen molar-refractivity contribution in [3.63, 3.8) is 0 Å². The Kier molecular flexibility index (Phi) is 5.03. The molecule has 6 heteroatoms. The van der Waals surface area contributed by atoms with Gasteiger partial charge in [0.2, 0.25) is 0 Å². The van der Waals surface area contributed by atoms with E-state index >= 15 is 0 Å². The smallest absolute Gasteiger partial charge is 0.407 e. The molecule has 6 nitrogen and oxygen atoms in total. The number of carbonyl (C=O) groups is 1. The molecule has 0 spiro atoms. The minimum Gasteiger partial charge on any atom is -0.444 e. The molecule has 5 atom stereocenters. The highest BCUT2D eigenvalue weighted by atomic mass is 16.6. The van der Waals surface area contributed by atoms with Crippen molar-refractivity contribution in [2.24, 2.45) is 17.8 Å². The summed E-state index contributed by atoms with van der Waals surface area (Å²) >= 11 is 0. The number of hydrogen-bond donors (Lipinski definition) is 1. The van der Waals surface area contributed by atoms with Crippen LogP contribution in [-0.2, 0) is 9.47 Å². The summed E-state index contributed by atoms with van der Waals surface area (Å²) in [5.74, 6) is 1.70. The first kappa shape index (κ1) is 17.5. The summed E-state index contributed by atoms with van der Waals surface area (Å²) in [6.07, 6.45) is 3.04. The van der Waals surface area contributed by atoms with Gasteiger partial charge in [-0.25, -0.2) is 4.79 Å². The number of carbonyl (C=O) groups excluding carboxylic acids is 1. The number of nitrogens with zero attached hydrogens (tertiary/aromatic N) is 2. The quantitative estimate of drug-likeness (QED) is 0.855. The molecule has 1 amide bonds. The molecule has 1 unspecified atom stereocenters. The Bertz CT molecular complexity index is 511. The van der Waals surface area contributed by atoms with Crippen LogP contribution >= 0.6 is 0 Å². The maximum Gasteiger partial charge on any atom is 0.407 e. The zero-order valence-electron chi connectivity index (χ0n) is 15.0. The lowest BCUT2D eigenvalue weighted by Gasteiger charge is -2.38. The Hall–Kier alpha value is -1.32. The molecule has 1 saturated heterocycles. The molecule has 24 heavy (non-hydrogen) atoms. The lowest BCUT2D eigenvalue weighted by Crippen LogP contribution is -2.51. The molecule has 1 aliphatic heterocycles. The van der Waals surface area contributed by atoms with E-state index in [0.717, 1.165) is 13.1 Å². The molecular formula is C18H29N3O3. The van der Waals surface area contributed by atoms with E-state index in [1.54, 1.807) is 0 Å². The van der Waals surface area contributed by atoms with Gasteiger partial charge in [0, 0.05) is 25.7 Å². The molecule has 2 saturated carbocycles. The molecular weight excluding hydrogens is 306 g/mol. The van der Waals surface area contributed by atoms with Gasteiger partial charge in [0.05, 0.1) is 12.7 Å². The van der Waals surface area contributed by atoms with Gasteiger partial charge in [-0.1, -0.05) is 0 Å². The summed E-state index contributed by atoms with van der Waals surface area (Å²) in [4.78, 5) is 14.5. The fourth-order valence-corrected chi connectivity index (χ4v) is 4.59. The zero-order valence-corrected chi connectivity index (χ0v) is 15.0. The van der Waals surface area contributed by atoms with Crippen LogP contribution in [0.4, 0.5) is 4.79 Å². The predicted octanol–water partition coefficient (Wildman–Crippen LogP) is 2.15. The maximum atomic E-state index is 12.2. The van der Waals surface area contributed by atoms with Crippen molar-refractivity contribution in [2.75, 3.05) is 26.2 Å². The van der Waals surface area contributed by atoms with Gasteiger partial charge in [0.1, 0.15) is 5.60 Å². The van der Waals surface area contributed by atoms with Crippen LogP contribution in [0.25, 0.3) is 0 Å². The van der Waals surface area contributed by atoms with Crippen LogP contribution in [0, 0.1) is 29.1 Å². The van der Waals surface area contributed by atoms with Crippen LogP contribution < -0.4 is 5.32 Å². The fourth-order valence-electron chi connectivity index (χ4n) is 4.59. The standard InChI is InChI=1S/C18H29N3O3/c1-18(2,3)24-17(22)20-16-13-5-4-12(8-13)15(16)11-21-6-7-23-14(9-19)10-21/h12-16H,4-8,10-11H2,1-3H3,(H,20,22)/t12-,13+,14?,15+,16-/m0/s1. The first-order chi connectivity index (χ1) is 11.4. The third-order valence-electron chi connectivity index (χ3n) is 5.54. The highest BCUT2D eigenvalue weighted by Crippen LogP contribution is 2.48. The van der Waals surface area contributed by atoms with E-state index in [-0.39, 0.29) is 18.2 Å². The van der Waals surface area contributed by atoms with Gasteiger partial charge in [-0.05, 0) is 57.8 Å². The number of nitriles is 1. The largest absolute Gasteiger partial charge is 0.444 e. The van der Waals surface area contributed by atoms with Gasteiger partial charge in [-0.2, -0.15) is 5.26 Å². The molecule has 1 heterocycles. The van der Waals surface area contributed by atoms with Gasteiger partial charge < -0.3 is 14.8 Å². The third-order valence-corrected chi connectivity index (χ3v) is 5.54. The molecule has 2 aliphatic carbocycles. The van der Waals surface area contributed by atoms with Gasteiger partial charge in [-0.3, -0.25) is 4.90 Å². The molecule has 1 N–H and O–H groups in total. The van der Waals surface area contributed by atoms with E-state index < -0.39 is 5.60 Å². The Labute approximate surface area is 144 Å². The van der Waals surface area contributed by atoms with Crippen LogP contribution in [0.5, 0.6) is 0 Å². The van der Waals surface area contributed by atoms with Gasteiger partial charge in [0.15, 0.2) is 6.10 Å². The van der Waals surface area contributed by atoms with Crippen molar-refractivity contribution in [3.05, 3.63) is 0 Å². The summed E-state index contributed by atoms with van der Waals surface area (Å²) in [5, 5.41) is 12.2. The van der Waals surface area contributed by atoms with Crippen molar-refractivity contribution < 1.29 is 14.3 Å². The van der Waals surface area contributed by atoms with Gasteiger partial charge in [0.25, 0.3) is 0 Å². The van der Waals surface area contributed by atoms with E-state index in [9.17, 15) is 4.79 Å². The number of hydrogen-bond acceptors (Lipinski definition) is 5. The molecule has 134 valence electrons. The van der Waals surface area contributed by atoms with E-state index in [1.165, 1.54) is 19.3 Å². The van der Waals surface area contributed by atoms with Crippen LogP contribution in [0.2, 0.25) is 0 Å². The predicted molar refractivity (Wildman–Crippen MR) is 89.3 cm³/mol. The number of fused-ring (bicyclic) bond motifs is 2.